The number of hydrogen-bond donors (Lipinski definition) is 1. The SMILES string of the molecule is CC(C)Cn1cnnc1-c1ccc(=O)[nH]n1. The van der Waals surface area contributed by atoms with Crippen LogP contribution in [-0.4, -0.2) is 25.0 Å². The Labute approximate surface area is 92.3 Å². The molecule has 6 nitrogen and oxygen atoms in total. The van der Waals surface area contributed by atoms with Crippen molar-refractivity contribution in [1.29, 1.82) is 0 Å². The van der Waals surface area contributed by atoms with E-state index in [2.05, 4.69) is 34.2 Å². The molecule has 0 unspecified atom stereocenters. The van der Waals surface area contributed by atoms with Gasteiger partial charge in [-0.2, -0.15) is 5.10 Å². The van der Waals surface area contributed by atoms with Gasteiger partial charge in [-0.05, 0) is 12.0 Å². The van der Waals surface area contributed by atoms with Crippen molar-refractivity contribution in [3.05, 3.63) is 28.8 Å². The summed E-state index contributed by atoms with van der Waals surface area (Å²) in [7, 11) is 0. The first kappa shape index (κ1) is 10.5. The molecule has 2 aromatic heterocycles. The largest absolute Gasteiger partial charge is 0.312 e. The molecule has 6 heteroatoms. The highest BCUT2D eigenvalue weighted by atomic mass is 16.1. The molecule has 2 aromatic rings. The Morgan fingerprint density at radius 2 is 2.25 bits per heavy atom. The molecule has 0 aliphatic carbocycles. The van der Waals surface area contributed by atoms with Crippen molar-refractivity contribution in [2.24, 2.45) is 5.92 Å². The quantitative estimate of drug-likeness (QED) is 0.823. The van der Waals surface area contributed by atoms with Gasteiger partial charge in [0.05, 0.1) is 0 Å². The van der Waals surface area contributed by atoms with Crippen molar-refractivity contribution >= 4 is 0 Å². The van der Waals surface area contributed by atoms with Crippen LogP contribution in [0.15, 0.2) is 23.3 Å². The topological polar surface area (TPSA) is 76.5 Å². The number of nitrogens with zero attached hydrogens (tertiary/aromatic N) is 4. The van der Waals surface area contributed by atoms with Crippen LogP contribution in [0, 0.1) is 5.92 Å². The second-order valence-electron chi connectivity index (χ2n) is 4.01. The fourth-order valence-corrected chi connectivity index (χ4v) is 1.45. The second-order valence-corrected chi connectivity index (χ2v) is 4.01. The van der Waals surface area contributed by atoms with Crippen LogP contribution in [0.5, 0.6) is 0 Å². The maximum atomic E-state index is 10.9. The van der Waals surface area contributed by atoms with Crippen LogP contribution in [0.4, 0.5) is 0 Å². The average molecular weight is 219 g/mol. The lowest BCUT2D eigenvalue weighted by Gasteiger charge is -2.07. The summed E-state index contributed by atoms with van der Waals surface area (Å²) in [4.78, 5) is 10.9. The van der Waals surface area contributed by atoms with E-state index in [0.717, 1.165) is 6.54 Å². The fourth-order valence-electron chi connectivity index (χ4n) is 1.45. The van der Waals surface area contributed by atoms with Crippen LogP contribution < -0.4 is 5.56 Å². The van der Waals surface area contributed by atoms with Crippen LogP contribution in [0.2, 0.25) is 0 Å². The monoisotopic (exact) mass is 219 g/mol. The molecule has 0 aliphatic heterocycles. The molecule has 0 radical (unpaired) electrons. The van der Waals surface area contributed by atoms with E-state index >= 15 is 0 Å². The summed E-state index contributed by atoms with van der Waals surface area (Å²) in [6.45, 7) is 5.05. The fraction of sp³-hybridized carbons (Fsp3) is 0.400. The predicted octanol–water partition coefficient (Wildman–Crippen LogP) is 0.684. The summed E-state index contributed by atoms with van der Waals surface area (Å²) in [6, 6.07) is 3.07. The minimum Gasteiger partial charge on any atom is -0.312 e. The molecule has 0 aromatic carbocycles. The number of H-pyrrole nitrogens is 1. The van der Waals surface area contributed by atoms with Crippen molar-refractivity contribution < 1.29 is 0 Å². The standard InChI is InChI=1S/C10H13N5O/c1-7(2)5-15-6-11-14-10(15)8-3-4-9(16)13-12-8/h3-4,6-7H,5H2,1-2H3,(H,13,16). The molecule has 0 saturated carbocycles. The van der Waals surface area contributed by atoms with Crippen LogP contribution >= 0.6 is 0 Å². The first-order chi connectivity index (χ1) is 7.66. The van der Waals surface area contributed by atoms with E-state index in [1.54, 1.807) is 12.4 Å². The molecular formula is C10H13N5O. The second kappa shape index (κ2) is 4.26. The van der Waals surface area contributed by atoms with Gasteiger partial charge in [0.1, 0.15) is 12.0 Å². The third kappa shape index (κ3) is 2.16. The van der Waals surface area contributed by atoms with Crippen molar-refractivity contribution in [1.82, 2.24) is 25.0 Å². The highest BCUT2D eigenvalue weighted by Gasteiger charge is 2.09. The molecular weight excluding hydrogens is 206 g/mol. The molecule has 16 heavy (non-hydrogen) atoms. The molecule has 0 spiro atoms. The molecule has 0 fully saturated rings. The van der Waals surface area contributed by atoms with Crippen LogP contribution in [0.3, 0.4) is 0 Å². The summed E-state index contributed by atoms with van der Waals surface area (Å²) in [5, 5.41) is 14.2. The maximum absolute atomic E-state index is 10.9. The van der Waals surface area contributed by atoms with Gasteiger partial charge in [0.2, 0.25) is 0 Å². The van der Waals surface area contributed by atoms with Crippen molar-refractivity contribution in [2.45, 2.75) is 20.4 Å². The molecule has 0 aliphatic rings. The van der Waals surface area contributed by atoms with E-state index in [4.69, 9.17) is 0 Å². The summed E-state index contributed by atoms with van der Waals surface area (Å²) in [5.74, 6) is 1.17. The van der Waals surface area contributed by atoms with Crippen LogP contribution in [0.25, 0.3) is 11.5 Å². The highest BCUT2D eigenvalue weighted by molar-refractivity contribution is 5.47. The Hall–Kier alpha value is -1.98. The summed E-state index contributed by atoms with van der Waals surface area (Å²) < 4.78 is 1.92. The highest BCUT2D eigenvalue weighted by Crippen LogP contribution is 2.12. The van der Waals surface area contributed by atoms with Crippen molar-refractivity contribution in [2.75, 3.05) is 0 Å². The summed E-state index contributed by atoms with van der Waals surface area (Å²) >= 11 is 0. The number of nitrogens with one attached hydrogen (secondary N) is 1. The Kier molecular flexibility index (Phi) is 2.80. The van der Waals surface area contributed by atoms with E-state index in [1.807, 2.05) is 4.57 Å². The van der Waals surface area contributed by atoms with Crippen LogP contribution in [0.1, 0.15) is 13.8 Å². The van der Waals surface area contributed by atoms with Gasteiger partial charge >= 0.3 is 0 Å². The zero-order valence-corrected chi connectivity index (χ0v) is 9.21. The van der Waals surface area contributed by atoms with E-state index in [0.29, 0.717) is 17.4 Å². The van der Waals surface area contributed by atoms with Gasteiger partial charge in [0, 0.05) is 12.6 Å². The zero-order valence-electron chi connectivity index (χ0n) is 9.21. The van der Waals surface area contributed by atoms with Gasteiger partial charge < -0.3 is 4.57 Å². The number of aromatic nitrogens is 5. The van der Waals surface area contributed by atoms with Gasteiger partial charge in [-0.25, -0.2) is 5.10 Å². The minimum atomic E-state index is -0.223. The van der Waals surface area contributed by atoms with E-state index in [-0.39, 0.29) is 5.56 Å². The lowest BCUT2D eigenvalue weighted by molar-refractivity contribution is 0.524. The zero-order chi connectivity index (χ0) is 11.5. The van der Waals surface area contributed by atoms with E-state index in [1.165, 1.54) is 6.07 Å². The van der Waals surface area contributed by atoms with Crippen molar-refractivity contribution in [3.63, 3.8) is 0 Å². The Morgan fingerprint density at radius 3 is 2.88 bits per heavy atom. The third-order valence-corrected chi connectivity index (χ3v) is 2.09. The minimum absolute atomic E-state index is 0.223. The summed E-state index contributed by atoms with van der Waals surface area (Å²) in [5.41, 5.74) is 0.399. The molecule has 0 saturated heterocycles. The first-order valence-electron chi connectivity index (χ1n) is 5.10. The smallest absolute Gasteiger partial charge is 0.264 e. The molecule has 1 N–H and O–H groups in total. The maximum Gasteiger partial charge on any atom is 0.264 e. The van der Waals surface area contributed by atoms with Crippen molar-refractivity contribution in [3.8, 4) is 11.5 Å². The molecule has 0 atom stereocenters. The van der Waals surface area contributed by atoms with Gasteiger partial charge in [-0.1, -0.05) is 13.8 Å². The number of hydrogen-bond acceptors (Lipinski definition) is 4. The Morgan fingerprint density at radius 1 is 1.44 bits per heavy atom. The first-order valence-corrected chi connectivity index (χ1v) is 5.10. The van der Waals surface area contributed by atoms with Gasteiger partial charge in [-0.15, -0.1) is 10.2 Å². The molecule has 2 heterocycles. The summed E-state index contributed by atoms with van der Waals surface area (Å²) in [6.07, 6.45) is 1.67. The predicted molar refractivity (Wildman–Crippen MR) is 58.7 cm³/mol. The van der Waals surface area contributed by atoms with E-state index in [9.17, 15) is 4.79 Å². The van der Waals surface area contributed by atoms with Gasteiger partial charge in [-0.3, -0.25) is 4.79 Å². The normalized spacial score (nSPS) is 10.9. The lowest BCUT2D eigenvalue weighted by atomic mass is 10.2. The van der Waals surface area contributed by atoms with E-state index < -0.39 is 0 Å². The molecule has 2 rings (SSSR count). The Bertz CT molecular complexity index is 508. The van der Waals surface area contributed by atoms with Gasteiger partial charge in [0.25, 0.3) is 5.56 Å². The van der Waals surface area contributed by atoms with Crippen LogP contribution in [-0.2, 0) is 6.54 Å². The lowest BCUT2D eigenvalue weighted by Crippen LogP contribution is -2.09. The molecule has 84 valence electrons. The number of rotatable bonds is 3. The van der Waals surface area contributed by atoms with Gasteiger partial charge in [0.15, 0.2) is 5.82 Å². The Balaban J connectivity index is 2.36. The number of aromatic amines is 1. The average Bonchev–Trinajstić information content (AvgIpc) is 2.66. The molecule has 0 amide bonds. The molecule has 0 bridgehead atoms. The third-order valence-electron chi connectivity index (χ3n) is 2.09.